The van der Waals surface area contributed by atoms with Crippen molar-refractivity contribution >= 4 is 30.3 Å². The minimum absolute atomic E-state index is 0.533. The molecular formula is C7H6F2INS. The zero-order chi connectivity index (χ0) is 8.97. The Labute approximate surface area is 85.6 Å². The fourth-order valence-corrected chi connectivity index (χ4v) is 1.45. The van der Waals surface area contributed by atoms with E-state index in [1.54, 1.807) is 6.07 Å². The second-order valence-corrected chi connectivity index (χ2v) is 3.91. The average molecular weight is 301 g/mol. The molecule has 0 aliphatic heterocycles. The topological polar surface area (TPSA) is 12.0 Å². The average Bonchev–Trinajstić information content (AvgIpc) is 2.07. The van der Waals surface area contributed by atoms with E-state index in [1.807, 2.05) is 0 Å². The first kappa shape index (κ1) is 10.2. The molecule has 66 valence electrons. The van der Waals surface area contributed by atoms with Crippen LogP contribution in [0.1, 0.15) is 5.56 Å². The SMILES string of the molecule is Fc1ccc(CNSI)cc1F. The minimum atomic E-state index is -0.805. The Morgan fingerprint density at radius 3 is 2.67 bits per heavy atom. The van der Waals surface area contributed by atoms with Crippen molar-refractivity contribution in [2.75, 3.05) is 0 Å². The van der Waals surface area contributed by atoms with Crippen molar-refractivity contribution in [3.63, 3.8) is 0 Å². The fourth-order valence-electron chi connectivity index (χ4n) is 0.760. The maximum atomic E-state index is 12.6. The first-order valence-corrected chi connectivity index (χ1v) is 6.54. The van der Waals surface area contributed by atoms with E-state index in [4.69, 9.17) is 0 Å². The summed E-state index contributed by atoms with van der Waals surface area (Å²) < 4.78 is 27.9. The predicted octanol–water partition coefficient (Wildman–Crippen LogP) is 3.05. The van der Waals surface area contributed by atoms with Gasteiger partial charge in [-0.25, -0.2) is 8.78 Å². The summed E-state index contributed by atoms with van der Waals surface area (Å²) in [4.78, 5) is 0. The molecule has 0 saturated carbocycles. The van der Waals surface area contributed by atoms with Crippen LogP contribution in [0.5, 0.6) is 0 Å². The third kappa shape index (κ3) is 2.87. The summed E-state index contributed by atoms with van der Waals surface area (Å²) in [6.45, 7) is 0.533. The monoisotopic (exact) mass is 301 g/mol. The lowest BCUT2D eigenvalue weighted by atomic mass is 10.2. The second-order valence-electron chi connectivity index (χ2n) is 2.15. The van der Waals surface area contributed by atoms with Crippen molar-refractivity contribution in [2.24, 2.45) is 0 Å². The van der Waals surface area contributed by atoms with Gasteiger partial charge in [-0.1, -0.05) is 6.07 Å². The Morgan fingerprint density at radius 2 is 2.08 bits per heavy atom. The number of benzene rings is 1. The zero-order valence-electron chi connectivity index (χ0n) is 5.98. The largest absolute Gasteiger partial charge is 0.251 e. The standard InChI is InChI=1S/C7H6F2INS/c8-6-2-1-5(3-7(6)9)4-11-12-10/h1-3,11H,4H2. The van der Waals surface area contributed by atoms with Gasteiger partial charge in [0.25, 0.3) is 0 Å². The molecule has 0 aliphatic rings. The summed E-state index contributed by atoms with van der Waals surface area (Å²) in [5.74, 6) is -1.60. The first-order valence-electron chi connectivity index (χ1n) is 3.18. The van der Waals surface area contributed by atoms with E-state index in [1.165, 1.54) is 15.2 Å². The van der Waals surface area contributed by atoms with Crippen molar-refractivity contribution < 1.29 is 8.78 Å². The molecule has 0 fully saturated rings. The molecule has 0 saturated heterocycles. The molecule has 1 rings (SSSR count). The summed E-state index contributed by atoms with van der Waals surface area (Å²) in [5.41, 5.74) is 0.734. The van der Waals surface area contributed by atoms with Crippen LogP contribution in [0.2, 0.25) is 0 Å². The molecule has 5 heteroatoms. The van der Waals surface area contributed by atoms with E-state index in [0.29, 0.717) is 6.54 Å². The molecule has 1 aromatic carbocycles. The van der Waals surface area contributed by atoms with Gasteiger partial charge in [0, 0.05) is 27.8 Å². The van der Waals surface area contributed by atoms with Crippen molar-refractivity contribution in [1.29, 1.82) is 0 Å². The highest BCUT2D eigenvalue weighted by atomic mass is 127. The van der Waals surface area contributed by atoms with Crippen molar-refractivity contribution in [3.05, 3.63) is 35.4 Å². The smallest absolute Gasteiger partial charge is 0.159 e. The van der Waals surface area contributed by atoms with Gasteiger partial charge in [-0.05, 0) is 26.8 Å². The van der Waals surface area contributed by atoms with E-state index < -0.39 is 11.6 Å². The highest BCUT2D eigenvalue weighted by molar-refractivity contribution is 14.2. The Kier molecular flexibility index (Phi) is 4.24. The Morgan fingerprint density at radius 1 is 1.33 bits per heavy atom. The molecule has 0 amide bonds. The molecule has 0 heterocycles. The minimum Gasteiger partial charge on any atom is -0.251 e. The van der Waals surface area contributed by atoms with Crippen molar-refractivity contribution in [1.82, 2.24) is 4.72 Å². The van der Waals surface area contributed by atoms with Gasteiger partial charge in [0.2, 0.25) is 0 Å². The van der Waals surface area contributed by atoms with Crippen LogP contribution in [0.3, 0.4) is 0 Å². The van der Waals surface area contributed by atoms with E-state index in [2.05, 4.69) is 25.9 Å². The van der Waals surface area contributed by atoms with Gasteiger partial charge in [0.15, 0.2) is 11.6 Å². The first-order chi connectivity index (χ1) is 5.74. The van der Waals surface area contributed by atoms with E-state index in [-0.39, 0.29) is 0 Å². The molecule has 0 aliphatic carbocycles. The predicted molar refractivity (Wildman–Crippen MR) is 54.8 cm³/mol. The number of nitrogens with one attached hydrogen (secondary N) is 1. The molecule has 0 spiro atoms. The highest BCUT2D eigenvalue weighted by Crippen LogP contribution is 2.11. The summed E-state index contributed by atoms with van der Waals surface area (Å²) in [6, 6.07) is 3.87. The molecule has 1 nitrogen and oxygen atoms in total. The van der Waals surface area contributed by atoms with E-state index in [0.717, 1.165) is 11.6 Å². The molecule has 0 bridgehead atoms. The van der Waals surface area contributed by atoms with E-state index >= 15 is 0 Å². The maximum Gasteiger partial charge on any atom is 0.159 e. The Bertz CT molecular complexity index is 270. The third-order valence-electron chi connectivity index (χ3n) is 1.31. The number of halogens is 3. The molecule has 0 radical (unpaired) electrons. The van der Waals surface area contributed by atoms with Crippen molar-refractivity contribution in [2.45, 2.75) is 6.54 Å². The van der Waals surface area contributed by atoms with Crippen LogP contribution in [0.25, 0.3) is 0 Å². The molecule has 12 heavy (non-hydrogen) atoms. The molecule has 1 N–H and O–H groups in total. The summed E-state index contributed by atoms with van der Waals surface area (Å²) in [5, 5.41) is 0. The van der Waals surface area contributed by atoms with Crippen LogP contribution in [-0.2, 0) is 6.54 Å². The zero-order valence-corrected chi connectivity index (χ0v) is 8.96. The van der Waals surface area contributed by atoms with Gasteiger partial charge in [0.1, 0.15) is 0 Å². The molecule has 0 atom stereocenters. The molecular weight excluding hydrogens is 295 g/mol. The lowest BCUT2D eigenvalue weighted by Crippen LogP contribution is -2.01. The molecule has 1 aromatic rings. The lowest BCUT2D eigenvalue weighted by molar-refractivity contribution is 0.507. The maximum absolute atomic E-state index is 12.6. The summed E-state index contributed by atoms with van der Waals surface area (Å²) in [6.07, 6.45) is 0. The second kappa shape index (κ2) is 4.98. The van der Waals surface area contributed by atoms with Crippen LogP contribution in [0, 0.1) is 11.6 Å². The van der Waals surface area contributed by atoms with Crippen LogP contribution in [0.15, 0.2) is 18.2 Å². The quantitative estimate of drug-likeness (QED) is 0.680. The molecule has 0 unspecified atom stereocenters. The number of hydrogen-bond acceptors (Lipinski definition) is 2. The van der Waals surface area contributed by atoms with Gasteiger partial charge in [0.05, 0.1) is 0 Å². The number of hydrogen-bond donors (Lipinski definition) is 1. The van der Waals surface area contributed by atoms with Crippen molar-refractivity contribution in [3.8, 4) is 0 Å². The van der Waals surface area contributed by atoms with Gasteiger partial charge >= 0.3 is 0 Å². The van der Waals surface area contributed by atoms with Gasteiger partial charge in [-0.2, -0.15) is 0 Å². The van der Waals surface area contributed by atoms with Crippen LogP contribution >= 0.6 is 30.3 Å². The lowest BCUT2D eigenvalue weighted by Gasteiger charge is -2.00. The van der Waals surface area contributed by atoms with Gasteiger partial charge in [-0.3, -0.25) is 4.72 Å². The highest BCUT2D eigenvalue weighted by Gasteiger charge is 2.01. The summed E-state index contributed by atoms with van der Waals surface area (Å²) >= 11 is 2.07. The third-order valence-corrected chi connectivity index (χ3v) is 2.50. The van der Waals surface area contributed by atoms with Gasteiger partial charge < -0.3 is 0 Å². The van der Waals surface area contributed by atoms with Crippen LogP contribution in [0.4, 0.5) is 8.78 Å². The fraction of sp³-hybridized carbons (Fsp3) is 0.143. The van der Waals surface area contributed by atoms with E-state index in [9.17, 15) is 8.78 Å². The summed E-state index contributed by atoms with van der Waals surface area (Å²) in [7, 11) is 1.41. The normalized spacial score (nSPS) is 10.2. The number of rotatable bonds is 3. The van der Waals surface area contributed by atoms with Crippen LogP contribution < -0.4 is 4.72 Å². The van der Waals surface area contributed by atoms with Crippen LogP contribution in [-0.4, -0.2) is 0 Å². The Balaban J connectivity index is 2.69. The Hall–Kier alpha value is 0.120. The van der Waals surface area contributed by atoms with Gasteiger partial charge in [-0.15, -0.1) is 0 Å². The molecule has 0 aromatic heterocycles.